The van der Waals surface area contributed by atoms with Crippen molar-refractivity contribution in [1.82, 2.24) is 4.90 Å². The Kier molecular flexibility index (Phi) is 1.56. The zero-order chi connectivity index (χ0) is 8.77. The Morgan fingerprint density at radius 2 is 2.17 bits per heavy atom. The summed E-state index contributed by atoms with van der Waals surface area (Å²) in [6.45, 7) is 4.68. The van der Waals surface area contributed by atoms with E-state index in [-0.39, 0.29) is 11.7 Å². The third-order valence-electron chi connectivity index (χ3n) is 2.66. The fraction of sp³-hybridized carbons (Fsp3) is 0.889. The van der Waals surface area contributed by atoms with Crippen LogP contribution in [0.25, 0.3) is 0 Å². The highest BCUT2D eigenvalue weighted by Crippen LogP contribution is 2.31. The van der Waals surface area contributed by atoms with Crippen LogP contribution in [0.15, 0.2) is 0 Å². The molecule has 0 radical (unpaired) electrons. The number of hydrogen-bond acceptors (Lipinski definition) is 2. The van der Waals surface area contributed by atoms with Gasteiger partial charge in [0.05, 0.1) is 6.54 Å². The molecule has 1 aliphatic carbocycles. The fourth-order valence-electron chi connectivity index (χ4n) is 1.78. The summed E-state index contributed by atoms with van der Waals surface area (Å²) in [4.78, 5) is 13.2. The predicted molar refractivity (Wildman–Crippen MR) is 44.9 cm³/mol. The third kappa shape index (κ3) is 1.17. The molecular weight excluding hydrogens is 154 g/mol. The van der Waals surface area contributed by atoms with Gasteiger partial charge in [-0.1, -0.05) is 0 Å². The number of carbonyl (C=O) groups excluding carboxylic acids is 1. The van der Waals surface area contributed by atoms with E-state index in [2.05, 4.69) is 0 Å². The van der Waals surface area contributed by atoms with Crippen LogP contribution in [0.2, 0.25) is 0 Å². The van der Waals surface area contributed by atoms with Gasteiger partial charge in [-0.3, -0.25) is 0 Å². The molecule has 68 valence electrons. The summed E-state index contributed by atoms with van der Waals surface area (Å²) in [5.41, 5.74) is -0.271. The van der Waals surface area contributed by atoms with Crippen LogP contribution >= 0.6 is 0 Å². The lowest BCUT2D eigenvalue weighted by Crippen LogP contribution is -2.41. The molecule has 2 fully saturated rings. The maximum Gasteiger partial charge on any atom is 0.410 e. The van der Waals surface area contributed by atoms with E-state index in [0.29, 0.717) is 6.04 Å². The Morgan fingerprint density at radius 3 is 2.50 bits per heavy atom. The molecule has 0 N–H and O–H groups in total. The number of cyclic esters (lactones) is 1. The van der Waals surface area contributed by atoms with E-state index in [1.807, 2.05) is 18.7 Å². The summed E-state index contributed by atoms with van der Waals surface area (Å²) >= 11 is 0. The van der Waals surface area contributed by atoms with E-state index in [9.17, 15) is 4.79 Å². The summed E-state index contributed by atoms with van der Waals surface area (Å²) in [6, 6.07) is 0.472. The SMILES string of the molecule is CC1(C)CN(C2CCC2)C(=O)O1. The molecule has 2 rings (SSSR count). The molecule has 1 amide bonds. The second kappa shape index (κ2) is 2.38. The minimum absolute atomic E-state index is 0.121. The number of carbonyl (C=O) groups is 1. The number of hydrogen-bond donors (Lipinski definition) is 0. The van der Waals surface area contributed by atoms with E-state index >= 15 is 0 Å². The van der Waals surface area contributed by atoms with Gasteiger partial charge in [0.1, 0.15) is 5.60 Å². The Hall–Kier alpha value is -0.730. The summed E-state index contributed by atoms with van der Waals surface area (Å²) in [5, 5.41) is 0. The minimum Gasteiger partial charge on any atom is -0.441 e. The van der Waals surface area contributed by atoms with Crippen LogP contribution < -0.4 is 0 Å². The second-order valence-electron chi connectivity index (χ2n) is 4.34. The van der Waals surface area contributed by atoms with E-state index < -0.39 is 0 Å². The Balaban J connectivity index is 2.03. The van der Waals surface area contributed by atoms with Gasteiger partial charge in [-0.25, -0.2) is 4.79 Å². The number of rotatable bonds is 1. The molecular formula is C9H15NO2. The van der Waals surface area contributed by atoms with Crippen LogP contribution in [-0.2, 0) is 4.74 Å². The van der Waals surface area contributed by atoms with E-state index in [0.717, 1.165) is 19.4 Å². The van der Waals surface area contributed by atoms with Crippen molar-refractivity contribution in [2.24, 2.45) is 0 Å². The van der Waals surface area contributed by atoms with Gasteiger partial charge < -0.3 is 9.64 Å². The van der Waals surface area contributed by atoms with Crippen molar-refractivity contribution in [3.05, 3.63) is 0 Å². The first-order valence-electron chi connectivity index (χ1n) is 4.58. The number of amides is 1. The second-order valence-corrected chi connectivity index (χ2v) is 4.34. The number of nitrogens with zero attached hydrogens (tertiary/aromatic N) is 1. The molecule has 1 saturated carbocycles. The molecule has 0 aromatic heterocycles. The molecule has 2 aliphatic rings. The van der Waals surface area contributed by atoms with Crippen molar-refractivity contribution in [3.63, 3.8) is 0 Å². The van der Waals surface area contributed by atoms with Gasteiger partial charge in [0.15, 0.2) is 0 Å². The van der Waals surface area contributed by atoms with Gasteiger partial charge >= 0.3 is 6.09 Å². The van der Waals surface area contributed by atoms with Gasteiger partial charge in [-0.15, -0.1) is 0 Å². The first-order chi connectivity index (χ1) is 5.58. The Labute approximate surface area is 72.7 Å². The van der Waals surface area contributed by atoms with Crippen molar-refractivity contribution in [2.75, 3.05) is 6.54 Å². The van der Waals surface area contributed by atoms with Crippen LogP contribution in [-0.4, -0.2) is 29.2 Å². The highest BCUT2D eigenvalue weighted by Gasteiger charge is 2.42. The van der Waals surface area contributed by atoms with Crippen molar-refractivity contribution in [1.29, 1.82) is 0 Å². The third-order valence-corrected chi connectivity index (χ3v) is 2.66. The van der Waals surface area contributed by atoms with Gasteiger partial charge in [0.25, 0.3) is 0 Å². The largest absolute Gasteiger partial charge is 0.441 e. The van der Waals surface area contributed by atoms with Crippen molar-refractivity contribution < 1.29 is 9.53 Å². The van der Waals surface area contributed by atoms with E-state index in [4.69, 9.17) is 4.74 Å². The molecule has 0 aromatic carbocycles. The predicted octanol–water partition coefficient (Wildman–Crippen LogP) is 1.77. The van der Waals surface area contributed by atoms with Crippen molar-refractivity contribution in [3.8, 4) is 0 Å². The van der Waals surface area contributed by atoms with Crippen LogP contribution in [0.4, 0.5) is 4.79 Å². The zero-order valence-corrected chi connectivity index (χ0v) is 7.67. The average molecular weight is 169 g/mol. The highest BCUT2D eigenvalue weighted by atomic mass is 16.6. The monoisotopic (exact) mass is 169 g/mol. The lowest BCUT2D eigenvalue weighted by atomic mass is 9.91. The normalized spacial score (nSPS) is 28.5. The summed E-state index contributed by atoms with van der Waals surface area (Å²) in [6.07, 6.45) is 3.45. The summed E-state index contributed by atoms with van der Waals surface area (Å²) in [7, 11) is 0. The average Bonchev–Trinajstić information content (AvgIpc) is 2.01. The molecule has 1 saturated heterocycles. The molecule has 0 atom stereocenters. The molecule has 0 spiro atoms. The standard InChI is InChI=1S/C9H15NO2/c1-9(2)6-10(8(11)12-9)7-4-3-5-7/h7H,3-6H2,1-2H3. The molecule has 0 bridgehead atoms. The van der Waals surface area contributed by atoms with Crippen LogP contribution in [0.5, 0.6) is 0 Å². The van der Waals surface area contributed by atoms with Gasteiger partial charge in [-0.05, 0) is 33.1 Å². The van der Waals surface area contributed by atoms with Gasteiger partial charge in [-0.2, -0.15) is 0 Å². The van der Waals surface area contributed by atoms with Crippen LogP contribution in [0.3, 0.4) is 0 Å². The first kappa shape index (κ1) is 7.90. The lowest BCUT2D eigenvalue weighted by Gasteiger charge is -2.33. The van der Waals surface area contributed by atoms with Gasteiger partial charge in [0, 0.05) is 6.04 Å². The lowest BCUT2D eigenvalue weighted by molar-refractivity contribution is 0.0843. The number of ether oxygens (including phenoxy) is 1. The van der Waals surface area contributed by atoms with Crippen LogP contribution in [0, 0.1) is 0 Å². The highest BCUT2D eigenvalue weighted by molar-refractivity contribution is 5.71. The molecule has 3 nitrogen and oxygen atoms in total. The quantitative estimate of drug-likeness (QED) is 0.598. The zero-order valence-electron chi connectivity index (χ0n) is 7.67. The molecule has 1 heterocycles. The van der Waals surface area contributed by atoms with E-state index in [1.165, 1.54) is 6.42 Å². The van der Waals surface area contributed by atoms with Crippen molar-refractivity contribution in [2.45, 2.75) is 44.8 Å². The van der Waals surface area contributed by atoms with Crippen molar-refractivity contribution >= 4 is 6.09 Å². The molecule has 0 aromatic rings. The summed E-state index contributed by atoms with van der Waals surface area (Å²) in [5.74, 6) is 0. The molecule has 12 heavy (non-hydrogen) atoms. The molecule has 3 heteroatoms. The summed E-state index contributed by atoms with van der Waals surface area (Å²) < 4.78 is 5.21. The topological polar surface area (TPSA) is 29.5 Å². The first-order valence-corrected chi connectivity index (χ1v) is 4.58. The molecule has 1 aliphatic heterocycles. The fourth-order valence-corrected chi connectivity index (χ4v) is 1.78. The maximum atomic E-state index is 11.3. The molecule has 0 unspecified atom stereocenters. The Morgan fingerprint density at radius 1 is 1.50 bits per heavy atom. The van der Waals surface area contributed by atoms with Gasteiger partial charge in [0.2, 0.25) is 0 Å². The maximum absolute atomic E-state index is 11.3. The van der Waals surface area contributed by atoms with Crippen LogP contribution in [0.1, 0.15) is 33.1 Å². The van der Waals surface area contributed by atoms with E-state index in [1.54, 1.807) is 0 Å². The minimum atomic E-state index is -0.271. The Bertz CT molecular complexity index is 209. The smallest absolute Gasteiger partial charge is 0.410 e.